The number of nitrogens with one attached hydrogen (secondary N) is 1. The van der Waals surface area contributed by atoms with Crippen LogP contribution < -0.4 is 14.8 Å². The van der Waals surface area contributed by atoms with Crippen molar-refractivity contribution in [2.24, 2.45) is 0 Å². The van der Waals surface area contributed by atoms with E-state index in [4.69, 9.17) is 14.0 Å². The first-order valence-electron chi connectivity index (χ1n) is 9.14. The maximum atomic E-state index is 11.8. The van der Waals surface area contributed by atoms with Crippen molar-refractivity contribution >= 4 is 17.2 Å². The normalized spacial score (nSPS) is 10.6. The lowest BCUT2D eigenvalue weighted by Crippen LogP contribution is -2.29. The van der Waals surface area contributed by atoms with E-state index in [2.05, 4.69) is 15.5 Å². The van der Waals surface area contributed by atoms with Crippen molar-refractivity contribution < 1.29 is 18.8 Å². The molecule has 0 bridgehead atoms. The number of carbonyl (C=O) groups is 1. The zero-order valence-electron chi connectivity index (χ0n) is 15.7. The fourth-order valence-corrected chi connectivity index (χ4v) is 3.19. The largest absolute Gasteiger partial charge is 0.497 e. The average molecular weight is 401 g/mol. The van der Waals surface area contributed by atoms with Crippen LogP contribution in [0.4, 0.5) is 0 Å². The number of methoxy groups -OCH3 is 1. The molecule has 0 saturated heterocycles. The van der Waals surface area contributed by atoms with Crippen LogP contribution in [0.15, 0.2) is 46.3 Å². The summed E-state index contributed by atoms with van der Waals surface area (Å²) in [6, 6.07) is 11.1. The van der Waals surface area contributed by atoms with Gasteiger partial charge in [0.15, 0.2) is 6.61 Å². The molecule has 0 unspecified atom stereocenters. The third kappa shape index (κ3) is 6.09. The molecular weight excluding hydrogens is 378 g/mol. The van der Waals surface area contributed by atoms with Crippen LogP contribution in [0.1, 0.15) is 25.2 Å². The lowest BCUT2D eigenvalue weighted by Gasteiger charge is -2.08. The Morgan fingerprint density at radius 3 is 2.71 bits per heavy atom. The molecule has 2 aromatic heterocycles. The summed E-state index contributed by atoms with van der Waals surface area (Å²) < 4.78 is 15.8. The number of rotatable bonds is 11. The summed E-state index contributed by atoms with van der Waals surface area (Å²) in [5.41, 5.74) is 0. The van der Waals surface area contributed by atoms with E-state index in [1.807, 2.05) is 17.5 Å². The van der Waals surface area contributed by atoms with Crippen molar-refractivity contribution in [3.8, 4) is 22.2 Å². The molecule has 2 heterocycles. The molecule has 1 N–H and O–H groups in total. The smallest absolute Gasteiger partial charge is 0.257 e. The highest BCUT2D eigenvalue weighted by molar-refractivity contribution is 7.13. The maximum absolute atomic E-state index is 11.8. The van der Waals surface area contributed by atoms with Gasteiger partial charge in [0.05, 0.1) is 12.0 Å². The van der Waals surface area contributed by atoms with Crippen molar-refractivity contribution in [3.05, 3.63) is 47.7 Å². The summed E-state index contributed by atoms with van der Waals surface area (Å²) in [6.45, 7) is 0.620. The topological polar surface area (TPSA) is 86.5 Å². The molecule has 0 aliphatic rings. The molecule has 8 heteroatoms. The minimum atomic E-state index is -0.131. The highest BCUT2D eigenvalue weighted by Crippen LogP contribution is 2.21. The second-order valence-corrected chi connectivity index (χ2v) is 7.06. The zero-order chi connectivity index (χ0) is 19.6. The van der Waals surface area contributed by atoms with Gasteiger partial charge in [-0.15, -0.1) is 11.3 Å². The quantitative estimate of drug-likeness (QED) is 0.493. The van der Waals surface area contributed by atoms with Gasteiger partial charge in [0.25, 0.3) is 5.91 Å². The number of benzene rings is 1. The Balaban J connectivity index is 1.25. The molecule has 0 radical (unpaired) electrons. The zero-order valence-corrected chi connectivity index (χ0v) is 16.5. The number of aromatic nitrogens is 2. The number of unbranched alkanes of at least 4 members (excludes halogenated alkanes) is 2. The van der Waals surface area contributed by atoms with Crippen molar-refractivity contribution in [3.63, 3.8) is 0 Å². The minimum Gasteiger partial charge on any atom is -0.497 e. The minimum absolute atomic E-state index is 0.000188. The van der Waals surface area contributed by atoms with Gasteiger partial charge in [0, 0.05) is 13.0 Å². The third-order valence-corrected chi connectivity index (χ3v) is 4.89. The van der Waals surface area contributed by atoms with Gasteiger partial charge >= 0.3 is 0 Å². The molecule has 0 aliphatic heterocycles. The van der Waals surface area contributed by atoms with Gasteiger partial charge in [-0.2, -0.15) is 4.98 Å². The summed E-state index contributed by atoms with van der Waals surface area (Å²) in [7, 11) is 1.60. The van der Waals surface area contributed by atoms with E-state index in [0.717, 1.165) is 36.3 Å². The second kappa shape index (κ2) is 10.5. The molecule has 3 rings (SSSR count). The third-order valence-electron chi connectivity index (χ3n) is 4.03. The Morgan fingerprint density at radius 2 is 1.96 bits per heavy atom. The predicted octanol–water partition coefficient (Wildman–Crippen LogP) is 3.71. The lowest BCUT2D eigenvalue weighted by molar-refractivity contribution is -0.123. The van der Waals surface area contributed by atoms with Gasteiger partial charge in [-0.25, -0.2) is 0 Å². The fourth-order valence-electron chi connectivity index (χ4n) is 2.54. The monoisotopic (exact) mass is 401 g/mol. The van der Waals surface area contributed by atoms with Crippen molar-refractivity contribution in [2.45, 2.75) is 25.7 Å². The molecule has 0 atom stereocenters. The molecule has 3 aromatic rings. The van der Waals surface area contributed by atoms with Crippen LogP contribution in [-0.2, 0) is 11.2 Å². The van der Waals surface area contributed by atoms with Gasteiger partial charge in [0.2, 0.25) is 11.7 Å². The number of carbonyl (C=O) groups excluding carboxylic acids is 1. The van der Waals surface area contributed by atoms with E-state index >= 15 is 0 Å². The average Bonchev–Trinajstić information content (AvgIpc) is 3.41. The number of nitrogens with zero attached hydrogens (tertiary/aromatic N) is 2. The van der Waals surface area contributed by atoms with Crippen LogP contribution >= 0.6 is 11.3 Å². The van der Waals surface area contributed by atoms with E-state index in [0.29, 0.717) is 24.0 Å². The highest BCUT2D eigenvalue weighted by atomic mass is 32.1. The van der Waals surface area contributed by atoms with E-state index in [1.54, 1.807) is 42.7 Å². The number of hydrogen-bond acceptors (Lipinski definition) is 7. The van der Waals surface area contributed by atoms with Gasteiger partial charge in [-0.1, -0.05) is 17.6 Å². The van der Waals surface area contributed by atoms with Crippen LogP contribution in [0.5, 0.6) is 11.5 Å². The summed E-state index contributed by atoms with van der Waals surface area (Å²) in [5, 5.41) is 8.84. The maximum Gasteiger partial charge on any atom is 0.257 e. The Kier molecular flexibility index (Phi) is 7.43. The van der Waals surface area contributed by atoms with Gasteiger partial charge in [-0.05, 0) is 48.6 Å². The number of aryl methyl sites for hydroxylation is 1. The van der Waals surface area contributed by atoms with Crippen molar-refractivity contribution in [1.82, 2.24) is 15.5 Å². The Hall–Kier alpha value is -2.87. The molecule has 28 heavy (non-hydrogen) atoms. The van der Waals surface area contributed by atoms with E-state index < -0.39 is 0 Å². The van der Waals surface area contributed by atoms with Crippen LogP contribution in [0.2, 0.25) is 0 Å². The molecule has 7 nitrogen and oxygen atoms in total. The van der Waals surface area contributed by atoms with Crippen molar-refractivity contribution in [2.75, 3.05) is 20.3 Å². The summed E-state index contributed by atoms with van der Waals surface area (Å²) in [5.74, 6) is 2.56. The van der Waals surface area contributed by atoms with E-state index in [-0.39, 0.29) is 12.5 Å². The number of hydrogen-bond donors (Lipinski definition) is 1. The van der Waals surface area contributed by atoms with E-state index in [1.165, 1.54) is 0 Å². The molecule has 1 amide bonds. The summed E-state index contributed by atoms with van der Waals surface area (Å²) in [6.07, 6.45) is 3.54. The lowest BCUT2D eigenvalue weighted by atomic mass is 10.2. The van der Waals surface area contributed by atoms with Gasteiger partial charge in [-0.3, -0.25) is 4.79 Å². The van der Waals surface area contributed by atoms with Gasteiger partial charge < -0.3 is 19.3 Å². The van der Waals surface area contributed by atoms with Crippen LogP contribution in [0.25, 0.3) is 10.7 Å². The Morgan fingerprint density at radius 1 is 1.14 bits per heavy atom. The van der Waals surface area contributed by atoms with Gasteiger partial charge in [0.1, 0.15) is 11.5 Å². The molecule has 0 aliphatic carbocycles. The van der Waals surface area contributed by atoms with Crippen LogP contribution in [-0.4, -0.2) is 36.3 Å². The molecule has 148 valence electrons. The summed E-state index contributed by atoms with van der Waals surface area (Å²) >= 11 is 1.59. The number of ether oxygens (including phenoxy) is 2. The molecule has 0 saturated carbocycles. The summed E-state index contributed by atoms with van der Waals surface area (Å²) in [4.78, 5) is 17.2. The fraction of sp³-hybridized carbons (Fsp3) is 0.350. The Bertz CT molecular complexity index is 847. The van der Waals surface area contributed by atoms with Crippen LogP contribution in [0, 0.1) is 0 Å². The standard InChI is InChI=1S/C20H23N3O4S/c1-25-15-8-10-16(11-9-15)26-14-18(24)21-12-4-2-3-7-19-22-20(23-27-19)17-6-5-13-28-17/h5-6,8-11,13H,2-4,7,12,14H2,1H3,(H,21,24). The van der Waals surface area contributed by atoms with E-state index in [9.17, 15) is 4.79 Å². The first kappa shape index (κ1) is 19.9. The molecule has 1 aromatic carbocycles. The molecule has 0 fully saturated rings. The predicted molar refractivity (Wildman–Crippen MR) is 107 cm³/mol. The Labute approximate surface area is 167 Å². The second-order valence-electron chi connectivity index (χ2n) is 6.11. The SMILES string of the molecule is COc1ccc(OCC(=O)NCCCCCc2nc(-c3cccs3)no2)cc1. The number of thiophene rings is 1. The van der Waals surface area contributed by atoms with Crippen molar-refractivity contribution in [1.29, 1.82) is 0 Å². The van der Waals surface area contributed by atoms with Crippen LogP contribution in [0.3, 0.4) is 0 Å². The first-order chi connectivity index (χ1) is 13.7. The number of amides is 1. The molecular formula is C20H23N3O4S. The highest BCUT2D eigenvalue weighted by Gasteiger charge is 2.09. The first-order valence-corrected chi connectivity index (χ1v) is 10.0. The molecule has 0 spiro atoms.